The van der Waals surface area contributed by atoms with Gasteiger partial charge in [-0.15, -0.1) is 0 Å². The van der Waals surface area contributed by atoms with Crippen LogP contribution in [0.1, 0.15) is 5.56 Å². The molecule has 0 atom stereocenters. The third kappa shape index (κ3) is 5.15. The van der Waals surface area contributed by atoms with Crippen LogP contribution in [-0.2, 0) is 0 Å². The molecule has 0 spiro atoms. The van der Waals surface area contributed by atoms with Crippen LogP contribution in [0.15, 0.2) is 41.9 Å². The van der Waals surface area contributed by atoms with E-state index in [1.807, 2.05) is 30.5 Å². The van der Waals surface area contributed by atoms with Crippen molar-refractivity contribution in [3.63, 3.8) is 0 Å². The van der Waals surface area contributed by atoms with Crippen LogP contribution in [0.5, 0.6) is 5.75 Å². The second kappa shape index (κ2) is 8.51. The number of nitrogens with zero attached hydrogens (tertiary/aromatic N) is 2. The summed E-state index contributed by atoms with van der Waals surface area (Å²) in [6.45, 7) is 10.5. The molecule has 0 aromatic heterocycles. The maximum atomic E-state index is 5.44. The van der Waals surface area contributed by atoms with Crippen molar-refractivity contribution in [3.8, 4) is 5.75 Å². The Labute approximate surface area is 121 Å². The number of benzene rings is 1. The third-order valence-corrected chi connectivity index (χ3v) is 3.24. The van der Waals surface area contributed by atoms with Gasteiger partial charge in [0.2, 0.25) is 0 Å². The van der Waals surface area contributed by atoms with Crippen molar-refractivity contribution in [2.24, 2.45) is 4.99 Å². The van der Waals surface area contributed by atoms with Crippen molar-refractivity contribution in [2.45, 2.75) is 0 Å². The maximum Gasteiger partial charge on any atom is 0.119 e. The molecule has 0 aliphatic carbocycles. The SMILES string of the molecule is C=CCOc1ccc(C=NCCN2CCNCC2)cc1. The quantitative estimate of drug-likeness (QED) is 0.605. The van der Waals surface area contributed by atoms with E-state index in [4.69, 9.17) is 4.74 Å². The van der Waals surface area contributed by atoms with Gasteiger partial charge in [-0.1, -0.05) is 12.7 Å². The topological polar surface area (TPSA) is 36.9 Å². The molecule has 1 aromatic carbocycles. The lowest BCUT2D eigenvalue weighted by atomic mass is 10.2. The summed E-state index contributed by atoms with van der Waals surface area (Å²) in [6, 6.07) is 7.96. The summed E-state index contributed by atoms with van der Waals surface area (Å²) in [5, 5.41) is 3.35. The number of nitrogens with one attached hydrogen (secondary N) is 1. The number of aliphatic imine (C=N–C) groups is 1. The van der Waals surface area contributed by atoms with Crippen LogP contribution in [0.4, 0.5) is 0 Å². The summed E-state index contributed by atoms with van der Waals surface area (Å²) >= 11 is 0. The molecular weight excluding hydrogens is 250 g/mol. The Bertz CT molecular complexity index is 422. The van der Waals surface area contributed by atoms with Gasteiger partial charge in [-0.3, -0.25) is 9.89 Å². The second-order valence-electron chi connectivity index (χ2n) is 4.80. The van der Waals surface area contributed by atoms with Crippen molar-refractivity contribution in [3.05, 3.63) is 42.5 Å². The Morgan fingerprint density at radius 1 is 1.25 bits per heavy atom. The third-order valence-electron chi connectivity index (χ3n) is 3.24. The Kier molecular flexibility index (Phi) is 6.27. The first-order valence-electron chi connectivity index (χ1n) is 7.15. The zero-order valence-electron chi connectivity index (χ0n) is 11.9. The molecule has 0 bridgehead atoms. The molecule has 4 heteroatoms. The fourth-order valence-corrected chi connectivity index (χ4v) is 2.11. The van der Waals surface area contributed by atoms with Crippen molar-refractivity contribution in [1.82, 2.24) is 10.2 Å². The van der Waals surface area contributed by atoms with Crippen molar-refractivity contribution >= 4 is 6.21 Å². The van der Waals surface area contributed by atoms with Gasteiger partial charge in [0.15, 0.2) is 0 Å². The molecule has 2 rings (SSSR count). The average Bonchev–Trinajstić information content (AvgIpc) is 2.52. The lowest BCUT2D eigenvalue weighted by molar-refractivity contribution is 0.248. The minimum absolute atomic E-state index is 0.540. The largest absolute Gasteiger partial charge is 0.490 e. The smallest absolute Gasteiger partial charge is 0.119 e. The van der Waals surface area contributed by atoms with Gasteiger partial charge in [0.1, 0.15) is 12.4 Å². The highest BCUT2D eigenvalue weighted by Gasteiger charge is 2.07. The lowest BCUT2D eigenvalue weighted by Crippen LogP contribution is -2.44. The van der Waals surface area contributed by atoms with Gasteiger partial charge in [0, 0.05) is 38.9 Å². The van der Waals surface area contributed by atoms with E-state index in [0.29, 0.717) is 6.61 Å². The first kappa shape index (κ1) is 14.8. The number of piperazine rings is 1. The van der Waals surface area contributed by atoms with E-state index in [9.17, 15) is 0 Å². The lowest BCUT2D eigenvalue weighted by Gasteiger charge is -2.26. The van der Waals surface area contributed by atoms with Crippen LogP contribution in [0.25, 0.3) is 0 Å². The van der Waals surface area contributed by atoms with Gasteiger partial charge >= 0.3 is 0 Å². The molecular formula is C16H23N3O. The number of rotatable bonds is 7. The van der Waals surface area contributed by atoms with E-state index in [2.05, 4.69) is 21.8 Å². The first-order chi connectivity index (χ1) is 9.88. The van der Waals surface area contributed by atoms with E-state index in [1.54, 1.807) is 6.08 Å². The van der Waals surface area contributed by atoms with Gasteiger partial charge < -0.3 is 10.1 Å². The molecule has 4 nitrogen and oxygen atoms in total. The number of ether oxygens (including phenoxy) is 1. The van der Waals surface area contributed by atoms with Gasteiger partial charge in [0.25, 0.3) is 0 Å². The predicted molar refractivity (Wildman–Crippen MR) is 83.9 cm³/mol. The van der Waals surface area contributed by atoms with Crippen LogP contribution < -0.4 is 10.1 Å². The zero-order chi connectivity index (χ0) is 14.0. The maximum absolute atomic E-state index is 5.44. The monoisotopic (exact) mass is 273 g/mol. The minimum Gasteiger partial charge on any atom is -0.490 e. The van der Waals surface area contributed by atoms with Crippen LogP contribution in [0, 0.1) is 0 Å². The molecule has 20 heavy (non-hydrogen) atoms. The van der Waals surface area contributed by atoms with E-state index in [1.165, 1.54) is 0 Å². The number of hydrogen-bond donors (Lipinski definition) is 1. The minimum atomic E-state index is 0.540. The van der Waals surface area contributed by atoms with Crippen molar-refractivity contribution in [1.29, 1.82) is 0 Å². The summed E-state index contributed by atoms with van der Waals surface area (Å²) in [6.07, 6.45) is 3.67. The highest BCUT2D eigenvalue weighted by Crippen LogP contribution is 2.10. The van der Waals surface area contributed by atoms with Gasteiger partial charge in [-0.05, 0) is 29.8 Å². The van der Waals surface area contributed by atoms with Gasteiger partial charge in [-0.2, -0.15) is 0 Å². The molecule has 1 heterocycles. The van der Waals surface area contributed by atoms with Crippen LogP contribution >= 0.6 is 0 Å². The van der Waals surface area contributed by atoms with E-state index < -0.39 is 0 Å². The molecule has 0 unspecified atom stereocenters. The predicted octanol–water partition coefficient (Wildman–Crippen LogP) is 1.58. The van der Waals surface area contributed by atoms with Crippen LogP contribution in [0.2, 0.25) is 0 Å². The fourth-order valence-electron chi connectivity index (χ4n) is 2.11. The summed E-state index contributed by atoms with van der Waals surface area (Å²) in [7, 11) is 0. The highest BCUT2D eigenvalue weighted by atomic mass is 16.5. The first-order valence-corrected chi connectivity index (χ1v) is 7.15. The molecule has 1 fully saturated rings. The number of hydrogen-bond acceptors (Lipinski definition) is 4. The standard InChI is InChI=1S/C16H23N3O/c1-2-13-20-16-5-3-15(4-6-16)14-18-9-12-19-10-7-17-8-11-19/h2-6,14,17H,1,7-13H2. The summed E-state index contributed by atoms with van der Waals surface area (Å²) in [4.78, 5) is 6.93. The molecule has 1 aromatic rings. The van der Waals surface area contributed by atoms with Crippen LogP contribution in [0.3, 0.4) is 0 Å². The zero-order valence-corrected chi connectivity index (χ0v) is 11.9. The van der Waals surface area contributed by atoms with E-state index in [-0.39, 0.29) is 0 Å². The Hall–Kier alpha value is -1.65. The Morgan fingerprint density at radius 3 is 2.70 bits per heavy atom. The summed E-state index contributed by atoms with van der Waals surface area (Å²) in [5.74, 6) is 0.864. The second-order valence-corrected chi connectivity index (χ2v) is 4.80. The van der Waals surface area contributed by atoms with Crippen molar-refractivity contribution < 1.29 is 4.74 Å². The van der Waals surface area contributed by atoms with E-state index >= 15 is 0 Å². The van der Waals surface area contributed by atoms with Gasteiger partial charge in [-0.25, -0.2) is 0 Å². The van der Waals surface area contributed by atoms with Crippen molar-refractivity contribution in [2.75, 3.05) is 45.9 Å². The molecule has 1 N–H and O–H groups in total. The fraction of sp³-hybridized carbons (Fsp3) is 0.438. The Balaban J connectivity index is 1.71. The highest BCUT2D eigenvalue weighted by molar-refractivity contribution is 5.79. The van der Waals surface area contributed by atoms with E-state index in [0.717, 1.165) is 50.6 Å². The normalized spacial score (nSPS) is 16.4. The summed E-state index contributed by atoms with van der Waals surface area (Å²) in [5.41, 5.74) is 1.11. The van der Waals surface area contributed by atoms with Gasteiger partial charge in [0.05, 0.1) is 6.54 Å². The Morgan fingerprint density at radius 2 is 2.00 bits per heavy atom. The molecule has 108 valence electrons. The molecule has 1 saturated heterocycles. The molecule has 0 radical (unpaired) electrons. The summed E-state index contributed by atoms with van der Waals surface area (Å²) < 4.78 is 5.44. The molecule has 1 aliphatic heterocycles. The molecule has 0 saturated carbocycles. The average molecular weight is 273 g/mol. The molecule has 1 aliphatic rings. The molecule has 0 amide bonds. The van der Waals surface area contributed by atoms with Crippen LogP contribution in [-0.4, -0.2) is 57.0 Å².